The van der Waals surface area contributed by atoms with Crippen LogP contribution in [0.5, 0.6) is 17.2 Å². The van der Waals surface area contributed by atoms with Gasteiger partial charge in [-0.25, -0.2) is 4.79 Å². The summed E-state index contributed by atoms with van der Waals surface area (Å²) in [5.74, 6) is 1.96. The highest BCUT2D eigenvalue weighted by molar-refractivity contribution is 5.68. The van der Waals surface area contributed by atoms with Gasteiger partial charge in [0.05, 0.1) is 19.8 Å². The van der Waals surface area contributed by atoms with Gasteiger partial charge < -0.3 is 29.5 Å². The number of hydrogen-bond donors (Lipinski definition) is 2. The summed E-state index contributed by atoms with van der Waals surface area (Å²) in [6.07, 6.45) is -1.03. The van der Waals surface area contributed by atoms with Crippen LogP contribution in [-0.4, -0.2) is 50.5 Å². The van der Waals surface area contributed by atoms with Gasteiger partial charge in [0.1, 0.15) is 23.9 Å². The van der Waals surface area contributed by atoms with Gasteiger partial charge in [-0.2, -0.15) is 0 Å². The Hall–Kier alpha value is -3.71. The van der Waals surface area contributed by atoms with Gasteiger partial charge in [-0.3, -0.25) is 0 Å². The van der Waals surface area contributed by atoms with E-state index < -0.39 is 6.09 Å². The Bertz CT molecular complexity index is 1080. The van der Waals surface area contributed by atoms with Crippen molar-refractivity contribution in [3.63, 3.8) is 0 Å². The molecule has 2 N–H and O–H groups in total. The molecule has 180 valence electrons. The second kappa shape index (κ2) is 12.0. The van der Waals surface area contributed by atoms with Crippen LogP contribution < -0.4 is 19.5 Å². The molecule has 0 radical (unpaired) electrons. The Balaban J connectivity index is 1.75. The van der Waals surface area contributed by atoms with Crippen molar-refractivity contribution in [2.24, 2.45) is 0 Å². The maximum absolute atomic E-state index is 10.7. The van der Waals surface area contributed by atoms with Crippen LogP contribution in [0.3, 0.4) is 0 Å². The van der Waals surface area contributed by atoms with Crippen LogP contribution in [0.1, 0.15) is 16.7 Å². The van der Waals surface area contributed by atoms with E-state index in [1.807, 2.05) is 48.3 Å². The Morgan fingerprint density at radius 2 is 1.68 bits per heavy atom. The van der Waals surface area contributed by atoms with Crippen LogP contribution >= 0.6 is 0 Å². The molecule has 0 aliphatic heterocycles. The lowest BCUT2D eigenvalue weighted by Crippen LogP contribution is -2.31. The normalized spacial score (nSPS) is 10.7. The maximum atomic E-state index is 10.7. The number of nitrogens with zero attached hydrogens (tertiary/aromatic N) is 1. The Morgan fingerprint density at radius 1 is 1.00 bits per heavy atom. The summed E-state index contributed by atoms with van der Waals surface area (Å²) in [5.41, 5.74) is 5.53. The molecule has 3 rings (SSSR count). The first-order valence-corrected chi connectivity index (χ1v) is 11.1. The van der Waals surface area contributed by atoms with Crippen molar-refractivity contribution in [3.8, 4) is 28.4 Å². The third-order valence-corrected chi connectivity index (χ3v) is 5.70. The van der Waals surface area contributed by atoms with Crippen LogP contribution in [0.25, 0.3) is 11.1 Å². The average Bonchev–Trinajstić information content (AvgIpc) is 2.84. The van der Waals surface area contributed by atoms with E-state index in [0.717, 1.165) is 11.1 Å². The zero-order chi connectivity index (χ0) is 24.5. The molecule has 0 fully saturated rings. The Kier molecular flexibility index (Phi) is 8.76. The van der Waals surface area contributed by atoms with Crippen LogP contribution in [-0.2, 0) is 13.2 Å². The molecule has 0 saturated heterocycles. The summed E-state index contributed by atoms with van der Waals surface area (Å²) in [4.78, 5) is 12.7. The van der Waals surface area contributed by atoms with Gasteiger partial charge in [0.15, 0.2) is 0 Å². The molecule has 0 aliphatic rings. The van der Waals surface area contributed by atoms with Gasteiger partial charge in [0.2, 0.25) is 0 Å². The van der Waals surface area contributed by atoms with Crippen LogP contribution in [0.2, 0.25) is 0 Å². The Labute approximate surface area is 200 Å². The zero-order valence-electron chi connectivity index (χ0n) is 20.1. The van der Waals surface area contributed by atoms with Crippen molar-refractivity contribution in [2.45, 2.75) is 20.1 Å². The number of amides is 1. The summed E-state index contributed by atoms with van der Waals surface area (Å²) in [5, 5.41) is 11.1. The topological polar surface area (TPSA) is 80.3 Å². The van der Waals surface area contributed by atoms with E-state index >= 15 is 0 Å². The molecule has 0 bridgehead atoms. The second-order valence-electron chi connectivity index (χ2n) is 8.02. The largest absolute Gasteiger partial charge is 0.496 e. The predicted molar refractivity (Wildman–Crippen MR) is 133 cm³/mol. The summed E-state index contributed by atoms with van der Waals surface area (Å²) in [6, 6.07) is 20.3. The van der Waals surface area contributed by atoms with E-state index in [9.17, 15) is 4.79 Å². The van der Waals surface area contributed by atoms with Crippen molar-refractivity contribution in [1.29, 1.82) is 0 Å². The molecule has 0 aliphatic carbocycles. The lowest BCUT2D eigenvalue weighted by atomic mass is 9.97. The number of methoxy groups -OCH3 is 2. The van der Waals surface area contributed by atoms with Gasteiger partial charge in [-0.1, -0.05) is 48.5 Å². The van der Waals surface area contributed by atoms with Crippen LogP contribution in [0.4, 0.5) is 4.79 Å². The van der Waals surface area contributed by atoms with Gasteiger partial charge >= 0.3 is 6.09 Å². The summed E-state index contributed by atoms with van der Waals surface area (Å²) >= 11 is 0. The lowest BCUT2D eigenvalue weighted by molar-refractivity contribution is 0.192. The van der Waals surface area contributed by atoms with Gasteiger partial charge in [-0.05, 0) is 36.2 Å². The van der Waals surface area contributed by atoms with Gasteiger partial charge in [-0.15, -0.1) is 0 Å². The van der Waals surface area contributed by atoms with Gasteiger partial charge in [0, 0.05) is 31.8 Å². The summed E-state index contributed by atoms with van der Waals surface area (Å²) < 4.78 is 17.4. The minimum Gasteiger partial charge on any atom is -0.496 e. The predicted octanol–water partition coefficient (Wildman–Crippen LogP) is 4.96. The molecule has 3 aromatic carbocycles. The quantitative estimate of drug-likeness (QED) is 0.418. The molecule has 1 amide bonds. The zero-order valence-corrected chi connectivity index (χ0v) is 20.1. The highest BCUT2D eigenvalue weighted by atomic mass is 16.5. The van der Waals surface area contributed by atoms with Crippen LogP contribution in [0, 0.1) is 6.92 Å². The molecule has 7 nitrogen and oxygen atoms in total. The molecular weight excluding hydrogens is 432 g/mol. The number of ether oxygens (including phenoxy) is 3. The van der Waals surface area contributed by atoms with Crippen molar-refractivity contribution in [3.05, 3.63) is 77.4 Å². The smallest absolute Gasteiger partial charge is 0.404 e. The molecule has 0 unspecified atom stereocenters. The number of carbonyl (C=O) groups is 1. The molecule has 0 spiro atoms. The third-order valence-electron chi connectivity index (χ3n) is 5.70. The van der Waals surface area contributed by atoms with Crippen molar-refractivity contribution in [2.75, 3.05) is 34.4 Å². The first kappa shape index (κ1) is 24.9. The summed E-state index contributed by atoms with van der Waals surface area (Å²) in [7, 11) is 5.14. The fourth-order valence-electron chi connectivity index (χ4n) is 3.83. The number of rotatable bonds is 11. The van der Waals surface area contributed by atoms with E-state index in [-0.39, 0.29) is 0 Å². The summed E-state index contributed by atoms with van der Waals surface area (Å²) in [6.45, 7) is 3.94. The van der Waals surface area contributed by atoms with Crippen molar-refractivity contribution >= 4 is 6.09 Å². The van der Waals surface area contributed by atoms with Crippen molar-refractivity contribution in [1.82, 2.24) is 10.2 Å². The minimum atomic E-state index is -1.03. The van der Waals surface area contributed by atoms with Gasteiger partial charge in [0.25, 0.3) is 0 Å². The SMILES string of the molecule is COc1cc(OCc2cccc(-c3ccccc3)c2C)cc(OC)c1CN(C)CCNC(=O)O. The Morgan fingerprint density at radius 3 is 2.29 bits per heavy atom. The number of hydrogen-bond acceptors (Lipinski definition) is 5. The fourth-order valence-corrected chi connectivity index (χ4v) is 3.83. The van der Waals surface area contributed by atoms with E-state index in [2.05, 4.69) is 36.5 Å². The highest BCUT2D eigenvalue weighted by Crippen LogP contribution is 2.35. The van der Waals surface area contributed by atoms with E-state index in [1.54, 1.807) is 14.2 Å². The lowest BCUT2D eigenvalue weighted by Gasteiger charge is -2.21. The van der Waals surface area contributed by atoms with E-state index in [1.165, 1.54) is 16.7 Å². The maximum Gasteiger partial charge on any atom is 0.404 e. The molecule has 0 heterocycles. The number of carboxylic acid groups (broad SMARTS) is 1. The monoisotopic (exact) mass is 464 g/mol. The molecule has 3 aromatic rings. The second-order valence-corrected chi connectivity index (χ2v) is 8.02. The van der Waals surface area contributed by atoms with Crippen LogP contribution in [0.15, 0.2) is 60.7 Å². The molecular formula is C27H32N2O5. The molecule has 34 heavy (non-hydrogen) atoms. The first-order chi connectivity index (χ1) is 16.4. The molecule has 0 atom stereocenters. The van der Waals surface area contributed by atoms with E-state index in [4.69, 9.17) is 19.3 Å². The number of benzene rings is 3. The third kappa shape index (κ3) is 6.42. The fraction of sp³-hybridized carbons (Fsp3) is 0.296. The minimum absolute atomic E-state index is 0.332. The molecule has 0 saturated carbocycles. The molecule has 0 aromatic heterocycles. The number of likely N-dealkylation sites (N-methyl/N-ethyl adjacent to an activating group) is 1. The standard InChI is InChI=1S/C27H32N2O5/c1-19-21(11-8-12-23(19)20-9-6-5-7-10-20)18-34-22-15-25(32-3)24(26(16-22)33-4)17-29(2)14-13-28-27(30)31/h5-12,15-16,28H,13-14,17-18H2,1-4H3,(H,30,31). The first-order valence-electron chi connectivity index (χ1n) is 11.1. The van der Waals surface area contributed by atoms with Crippen molar-refractivity contribution < 1.29 is 24.1 Å². The molecule has 7 heteroatoms. The highest BCUT2D eigenvalue weighted by Gasteiger charge is 2.16. The average molecular weight is 465 g/mol. The van der Waals surface area contributed by atoms with E-state index in [0.29, 0.717) is 43.5 Å². The number of nitrogens with one attached hydrogen (secondary N) is 1.